The topological polar surface area (TPSA) is 12.5 Å². The average molecular weight is 637 g/mol. The highest BCUT2D eigenvalue weighted by atomic mass is 15.2. The van der Waals surface area contributed by atoms with Crippen LogP contribution in [0.5, 0.6) is 0 Å². The van der Waals surface area contributed by atoms with Crippen molar-refractivity contribution >= 4 is 34.2 Å². The van der Waals surface area contributed by atoms with Crippen molar-refractivity contribution in [2.45, 2.75) is 77.0 Å². The Kier molecular flexibility index (Phi) is 7.05. The molecule has 0 atom stereocenters. The number of rotatable bonds is 4. The Morgan fingerprint density at radius 2 is 0.854 bits per heavy atom. The predicted molar refractivity (Wildman–Crippen MR) is 204 cm³/mol. The van der Waals surface area contributed by atoms with Crippen LogP contribution < -0.4 is 9.80 Å². The zero-order valence-electron chi connectivity index (χ0n) is 31.0. The fraction of sp³-hybridized carbons (Fsp3) is 0.364. The largest absolute Gasteiger partial charge is 0.347 e. The van der Waals surface area contributed by atoms with Gasteiger partial charge in [0.15, 0.2) is 11.4 Å². The van der Waals surface area contributed by atoms with Crippen molar-refractivity contribution in [3.63, 3.8) is 0 Å². The van der Waals surface area contributed by atoms with Gasteiger partial charge in [0.05, 0.1) is 10.8 Å². The van der Waals surface area contributed by atoms with Crippen LogP contribution in [0.4, 0.5) is 22.7 Å². The summed E-state index contributed by atoms with van der Waals surface area (Å²) in [7, 11) is 8.83. The molecule has 0 amide bonds. The van der Waals surface area contributed by atoms with E-state index in [1.165, 1.54) is 67.8 Å². The maximum Gasteiger partial charge on any atom is 0.209 e. The van der Waals surface area contributed by atoms with Gasteiger partial charge in [-0.05, 0) is 63.1 Å². The van der Waals surface area contributed by atoms with E-state index in [-0.39, 0.29) is 21.7 Å². The third-order valence-corrected chi connectivity index (χ3v) is 12.1. The summed E-state index contributed by atoms with van der Waals surface area (Å²) in [4.78, 5) is 4.82. The summed E-state index contributed by atoms with van der Waals surface area (Å²) in [6, 6.07) is 22.4. The smallest absolute Gasteiger partial charge is 0.209 e. The van der Waals surface area contributed by atoms with E-state index in [9.17, 15) is 0 Å². The van der Waals surface area contributed by atoms with Crippen molar-refractivity contribution in [3.8, 4) is 0 Å². The molecule has 4 heterocycles. The Bertz CT molecular complexity index is 1920. The molecular formula is C44H52N4+2. The molecule has 0 saturated carbocycles. The highest BCUT2D eigenvalue weighted by Crippen LogP contribution is 2.55. The molecule has 48 heavy (non-hydrogen) atoms. The van der Waals surface area contributed by atoms with E-state index >= 15 is 0 Å². The van der Waals surface area contributed by atoms with Gasteiger partial charge in [-0.3, -0.25) is 0 Å². The van der Waals surface area contributed by atoms with Gasteiger partial charge in [-0.1, -0.05) is 76.2 Å². The summed E-state index contributed by atoms with van der Waals surface area (Å²) in [5.74, 6) is 0. The van der Waals surface area contributed by atoms with E-state index in [1.807, 2.05) is 0 Å². The fourth-order valence-electron chi connectivity index (χ4n) is 9.21. The van der Waals surface area contributed by atoms with E-state index in [0.717, 1.165) is 0 Å². The second-order valence-corrected chi connectivity index (χ2v) is 16.2. The Labute approximate surface area is 288 Å². The van der Waals surface area contributed by atoms with Gasteiger partial charge in [-0.2, -0.15) is 9.15 Å². The molecule has 0 bridgehead atoms. The number of fused-ring (bicyclic) bond motifs is 4. The van der Waals surface area contributed by atoms with Gasteiger partial charge in [0.25, 0.3) is 0 Å². The number of hydrogen-bond acceptors (Lipinski definition) is 2. The monoisotopic (exact) mass is 636 g/mol. The lowest BCUT2D eigenvalue weighted by Crippen LogP contribution is -2.26. The molecule has 0 aliphatic carbocycles. The Morgan fingerprint density at radius 1 is 0.500 bits per heavy atom. The minimum Gasteiger partial charge on any atom is -0.347 e. The van der Waals surface area contributed by atoms with Crippen molar-refractivity contribution in [1.82, 2.24) is 0 Å². The van der Waals surface area contributed by atoms with Gasteiger partial charge < -0.3 is 9.80 Å². The lowest BCUT2D eigenvalue weighted by molar-refractivity contribution is -0.401. The summed E-state index contributed by atoms with van der Waals surface area (Å²) in [6.07, 6.45) is 13.8. The van der Waals surface area contributed by atoms with Crippen LogP contribution in [-0.2, 0) is 21.7 Å². The SMILES string of the molecule is CN1C(=C/C=C/C2=[N+](C)c3ccccc3C2(C)C)C(C)(C)c2cc3c(cc21)C(C)(C)C(=C/C=C/C1=[N+](C)c2ccccc2C1(C)C)N3C. The third kappa shape index (κ3) is 4.34. The molecule has 4 heteroatoms. The number of benzene rings is 3. The molecular weight excluding hydrogens is 585 g/mol. The van der Waals surface area contributed by atoms with E-state index in [2.05, 4.69) is 200 Å². The quantitative estimate of drug-likeness (QED) is 0.265. The lowest BCUT2D eigenvalue weighted by atomic mass is 9.79. The summed E-state index contributed by atoms with van der Waals surface area (Å²) in [5.41, 5.74) is 15.7. The third-order valence-electron chi connectivity index (χ3n) is 12.1. The highest BCUT2D eigenvalue weighted by Gasteiger charge is 2.46. The first-order valence-corrected chi connectivity index (χ1v) is 17.4. The Morgan fingerprint density at radius 3 is 1.21 bits per heavy atom. The molecule has 7 rings (SSSR count). The van der Waals surface area contributed by atoms with E-state index in [4.69, 9.17) is 0 Å². The van der Waals surface area contributed by atoms with Gasteiger partial charge in [0.1, 0.15) is 14.1 Å². The number of likely N-dealkylation sites (N-methyl/N-ethyl adjacent to an activating group) is 2. The standard InChI is InChI=1S/C44H52N4/c1-41(2)29-19-13-15-21-33(29)45(9)37(41)23-17-25-39-43(5,6)31-27-36-32(28-35(31)47(39)11)44(7,8)40(48(36)12)26-18-24-38-42(3,4)30-20-14-16-22-34(30)46(38)10/h13-28H,1-12H3/q+2. The van der Waals surface area contributed by atoms with E-state index < -0.39 is 0 Å². The highest BCUT2D eigenvalue weighted by molar-refractivity contribution is 6.04. The molecule has 4 nitrogen and oxygen atoms in total. The fourth-order valence-corrected chi connectivity index (χ4v) is 9.21. The maximum atomic E-state index is 2.45. The van der Waals surface area contributed by atoms with Gasteiger partial charge in [-0.15, -0.1) is 0 Å². The van der Waals surface area contributed by atoms with Gasteiger partial charge in [-0.25, -0.2) is 0 Å². The van der Waals surface area contributed by atoms with Crippen LogP contribution in [0.15, 0.2) is 109 Å². The van der Waals surface area contributed by atoms with Crippen LogP contribution in [-0.4, -0.2) is 48.8 Å². The molecule has 0 aromatic heterocycles. The predicted octanol–water partition coefficient (Wildman–Crippen LogP) is 9.43. The second kappa shape index (κ2) is 10.5. The molecule has 246 valence electrons. The maximum absolute atomic E-state index is 2.45. The minimum absolute atomic E-state index is 0.0370. The molecule has 0 spiro atoms. The second-order valence-electron chi connectivity index (χ2n) is 16.2. The summed E-state index contributed by atoms with van der Waals surface area (Å²) in [6.45, 7) is 18.8. The summed E-state index contributed by atoms with van der Waals surface area (Å²) >= 11 is 0. The first-order valence-electron chi connectivity index (χ1n) is 17.4. The summed E-state index contributed by atoms with van der Waals surface area (Å²) in [5, 5.41) is 0. The molecule has 0 radical (unpaired) electrons. The molecule has 4 aliphatic heterocycles. The van der Waals surface area contributed by atoms with Crippen molar-refractivity contribution in [1.29, 1.82) is 0 Å². The number of hydrogen-bond donors (Lipinski definition) is 0. The molecule has 3 aromatic rings. The van der Waals surface area contributed by atoms with Crippen molar-refractivity contribution in [3.05, 3.63) is 131 Å². The van der Waals surface area contributed by atoms with Crippen LogP contribution in [0, 0.1) is 0 Å². The average Bonchev–Trinajstić information content (AvgIpc) is 3.53. The number of nitrogens with zero attached hydrogens (tertiary/aromatic N) is 4. The van der Waals surface area contributed by atoms with Crippen LogP contribution in [0.1, 0.15) is 77.6 Å². The number of allylic oxidation sites excluding steroid dienone is 8. The van der Waals surface area contributed by atoms with Crippen molar-refractivity contribution in [2.24, 2.45) is 0 Å². The van der Waals surface area contributed by atoms with E-state index in [0.29, 0.717) is 0 Å². The molecule has 4 aliphatic rings. The Balaban J connectivity index is 1.19. The molecule has 0 unspecified atom stereocenters. The molecule has 0 fully saturated rings. The van der Waals surface area contributed by atoms with Crippen LogP contribution in [0.2, 0.25) is 0 Å². The normalized spacial score (nSPS) is 22.9. The molecule has 0 N–H and O–H groups in total. The Hall–Kier alpha value is -4.44. The van der Waals surface area contributed by atoms with Crippen LogP contribution in [0.3, 0.4) is 0 Å². The zero-order valence-corrected chi connectivity index (χ0v) is 31.0. The van der Waals surface area contributed by atoms with Crippen LogP contribution >= 0.6 is 0 Å². The van der Waals surface area contributed by atoms with Crippen molar-refractivity contribution in [2.75, 3.05) is 38.0 Å². The zero-order chi connectivity index (χ0) is 34.6. The molecule has 0 saturated heterocycles. The van der Waals surface area contributed by atoms with Gasteiger partial charge >= 0.3 is 0 Å². The lowest BCUT2D eigenvalue weighted by Gasteiger charge is -2.25. The number of para-hydroxylation sites is 2. The number of anilines is 2. The minimum atomic E-state index is -0.129. The summed E-state index contributed by atoms with van der Waals surface area (Å²) < 4.78 is 4.69. The molecule has 3 aromatic carbocycles. The van der Waals surface area contributed by atoms with Gasteiger partial charge in [0.2, 0.25) is 11.4 Å². The van der Waals surface area contributed by atoms with Gasteiger partial charge in [0, 0.05) is 83.1 Å². The first kappa shape index (κ1) is 32.1. The van der Waals surface area contributed by atoms with E-state index in [1.54, 1.807) is 0 Å². The first-order chi connectivity index (χ1) is 22.5. The van der Waals surface area contributed by atoms with Crippen molar-refractivity contribution < 1.29 is 9.15 Å². The van der Waals surface area contributed by atoms with Crippen LogP contribution in [0.25, 0.3) is 0 Å².